The van der Waals surface area contributed by atoms with E-state index in [1.54, 1.807) is 6.07 Å². The SMILES string of the molecule is Cc1noc(C)c1-c1ccc(S(=O)(=O)N[C@H]2C[C@H]3CO[C@@H](C)CN3C2)s1. The molecule has 2 fully saturated rings. The van der Waals surface area contributed by atoms with E-state index in [4.69, 9.17) is 9.26 Å². The van der Waals surface area contributed by atoms with Crippen LogP contribution in [0.4, 0.5) is 0 Å². The normalized spacial score (nSPS) is 27.0. The molecule has 3 atom stereocenters. The summed E-state index contributed by atoms with van der Waals surface area (Å²) in [4.78, 5) is 3.18. The number of hydrogen-bond donors (Lipinski definition) is 1. The molecule has 0 aromatic carbocycles. The second-order valence-corrected chi connectivity index (χ2v) is 10.1. The topological polar surface area (TPSA) is 84.7 Å². The van der Waals surface area contributed by atoms with Crippen molar-refractivity contribution in [2.75, 3.05) is 19.7 Å². The Hall–Kier alpha value is -1.26. The average molecular weight is 398 g/mol. The Morgan fingerprint density at radius 2 is 2.12 bits per heavy atom. The smallest absolute Gasteiger partial charge is 0.250 e. The second kappa shape index (κ2) is 6.72. The van der Waals surface area contributed by atoms with Crippen molar-refractivity contribution in [3.8, 4) is 10.4 Å². The molecule has 0 spiro atoms. The molecule has 7 nitrogen and oxygen atoms in total. The summed E-state index contributed by atoms with van der Waals surface area (Å²) in [7, 11) is -3.55. The molecule has 9 heteroatoms. The Kier molecular flexibility index (Phi) is 4.68. The zero-order chi connectivity index (χ0) is 18.5. The largest absolute Gasteiger partial charge is 0.376 e. The highest BCUT2D eigenvalue weighted by Crippen LogP contribution is 2.35. The lowest BCUT2D eigenvalue weighted by Crippen LogP contribution is -2.45. The van der Waals surface area contributed by atoms with Crippen LogP contribution in [0.1, 0.15) is 24.8 Å². The van der Waals surface area contributed by atoms with E-state index in [1.807, 2.05) is 19.9 Å². The van der Waals surface area contributed by atoms with Crippen LogP contribution in [0.2, 0.25) is 0 Å². The second-order valence-electron chi connectivity index (χ2n) is 7.12. The average Bonchev–Trinajstić information content (AvgIpc) is 3.25. The Morgan fingerprint density at radius 1 is 1.31 bits per heavy atom. The zero-order valence-corrected chi connectivity index (χ0v) is 16.7. The molecule has 2 aromatic heterocycles. The van der Waals surface area contributed by atoms with E-state index in [2.05, 4.69) is 21.7 Å². The Balaban J connectivity index is 1.50. The maximum Gasteiger partial charge on any atom is 0.250 e. The number of rotatable bonds is 4. The number of morpholine rings is 1. The Labute approximate surface area is 157 Å². The van der Waals surface area contributed by atoms with Crippen molar-refractivity contribution in [3.63, 3.8) is 0 Å². The van der Waals surface area contributed by atoms with Gasteiger partial charge < -0.3 is 9.26 Å². The summed E-state index contributed by atoms with van der Waals surface area (Å²) >= 11 is 1.25. The Morgan fingerprint density at radius 3 is 2.85 bits per heavy atom. The molecule has 0 bridgehead atoms. The quantitative estimate of drug-likeness (QED) is 0.851. The lowest BCUT2D eigenvalue weighted by atomic mass is 10.2. The van der Waals surface area contributed by atoms with Gasteiger partial charge in [-0.1, -0.05) is 5.16 Å². The standard InChI is InChI=1S/C17H23N3O4S2/c1-10-7-20-8-13(6-14(20)9-23-10)19-26(21,22)16-5-4-15(25-16)17-11(2)18-24-12(17)3/h4-5,10,13-14,19H,6-9H2,1-3H3/t10-,13-,14-/m0/s1. The molecular weight excluding hydrogens is 374 g/mol. The zero-order valence-electron chi connectivity index (χ0n) is 15.1. The number of aryl methyl sites for hydroxylation is 2. The lowest BCUT2D eigenvalue weighted by molar-refractivity contribution is -0.0390. The molecular formula is C17H23N3O4S2. The van der Waals surface area contributed by atoms with Crippen LogP contribution in [0, 0.1) is 13.8 Å². The predicted octanol–water partition coefficient (Wildman–Crippen LogP) is 2.16. The highest BCUT2D eigenvalue weighted by molar-refractivity contribution is 7.91. The van der Waals surface area contributed by atoms with E-state index in [1.165, 1.54) is 11.3 Å². The molecule has 2 aliphatic heterocycles. The first-order valence-corrected chi connectivity index (χ1v) is 11.0. The maximum absolute atomic E-state index is 12.8. The molecule has 26 heavy (non-hydrogen) atoms. The van der Waals surface area contributed by atoms with E-state index >= 15 is 0 Å². The summed E-state index contributed by atoms with van der Waals surface area (Å²) in [5.74, 6) is 0.697. The molecule has 0 saturated carbocycles. The summed E-state index contributed by atoms with van der Waals surface area (Å²) in [5.41, 5.74) is 1.64. The number of fused-ring (bicyclic) bond motifs is 1. The third-order valence-electron chi connectivity index (χ3n) is 5.04. The van der Waals surface area contributed by atoms with Gasteiger partial charge in [-0.15, -0.1) is 11.3 Å². The molecule has 2 aromatic rings. The van der Waals surface area contributed by atoms with Crippen molar-refractivity contribution in [1.29, 1.82) is 0 Å². The van der Waals surface area contributed by atoms with Crippen molar-refractivity contribution >= 4 is 21.4 Å². The van der Waals surface area contributed by atoms with E-state index in [9.17, 15) is 8.42 Å². The van der Waals surface area contributed by atoms with E-state index in [0.29, 0.717) is 22.6 Å². The first-order valence-electron chi connectivity index (χ1n) is 8.74. The van der Waals surface area contributed by atoms with Gasteiger partial charge >= 0.3 is 0 Å². The highest BCUT2D eigenvalue weighted by Gasteiger charge is 2.38. The number of thiophene rings is 1. The molecule has 0 radical (unpaired) electrons. The van der Waals surface area contributed by atoms with Crippen molar-refractivity contribution in [2.24, 2.45) is 0 Å². The van der Waals surface area contributed by atoms with Gasteiger partial charge in [-0.3, -0.25) is 4.90 Å². The summed E-state index contributed by atoms with van der Waals surface area (Å²) in [6.45, 7) is 8.01. The molecule has 4 rings (SSSR count). The molecule has 4 heterocycles. The van der Waals surface area contributed by atoms with Gasteiger partial charge in [-0.25, -0.2) is 13.1 Å². The van der Waals surface area contributed by atoms with E-state index in [-0.39, 0.29) is 12.1 Å². The third kappa shape index (κ3) is 3.34. The fourth-order valence-electron chi connectivity index (χ4n) is 3.84. The third-order valence-corrected chi connectivity index (χ3v) is 8.16. The monoisotopic (exact) mass is 397 g/mol. The highest BCUT2D eigenvalue weighted by atomic mass is 32.2. The fourth-order valence-corrected chi connectivity index (χ4v) is 6.54. The molecule has 0 amide bonds. The van der Waals surface area contributed by atoms with Crippen molar-refractivity contribution < 1.29 is 17.7 Å². The number of ether oxygens (including phenoxy) is 1. The lowest BCUT2D eigenvalue weighted by Gasteiger charge is -2.33. The molecule has 0 aliphatic carbocycles. The minimum atomic E-state index is -3.55. The van der Waals surface area contributed by atoms with Crippen LogP contribution in [0.25, 0.3) is 10.4 Å². The van der Waals surface area contributed by atoms with Crippen LogP contribution in [0.5, 0.6) is 0 Å². The van der Waals surface area contributed by atoms with Gasteiger partial charge in [0.05, 0.1) is 24.0 Å². The summed E-state index contributed by atoms with van der Waals surface area (Å²) in [6.07, 6.45) is 0.991. The van der Waals surface area contributed by atoms with Crippen molar-refractivity contribution in [3.05, 3.63) is 23.6 Å². The minimum Gasteiger partial charge on any atom is -0.376 e. The molecule has 0 unspecified atom stereocenters. The number of sulfonamides is 1. The fraction of sp³-hybridized carbons (Fsp3) is 0.588. The predicted molar refractivity (Wildman–Crippen MR) is 98.8 cm³/mol. The van der Waals surface area contributed by atoms with Gasteiger partial charge in [0.25, 0.3) is 0 Å². The van der Waals surface area contributed by atoms with Crippen LogP contribution in [0.3, 0.4) is 0 Å². The first kappa shape index (κ1) is 18.1. The summed E-state index contributed by atoms with van der Waals surface area (Å²) < 4.78 is 39.7. The summed E-state index contributed by atoms with van der Waals surface area (Å²) in [5, 5.41) is 3.94. The van der Waals surface area contributed by atoms with Gasteiger partial charge in [0.1, 0.15) is 9.97 Å². The van der Waals surface area contributed by atoms with Crippen LogP contribution in [0.15, 0.2) is 20.9 Å². The molecule has 142 valence electrons. The summed E-state index contributed by atoms with van der Waals surface area (Å²) in [6, 6.07) is 3.70. The van der Waals surface area contributed by atoms with Crippen molar-refractivity contribution in [2.45, 2.75) is 49.6 Å². The molecule has 2 saturated heterocycles. The van der Waals surface area contributed by atoms with Gasteiger partial charge in [-0.05, 0) is 39.3 Å². The van der Waals surface area contributed by atoms with Crippen LogP contribution < -0.4 is 4.72 Å². The van der Waals surface area contributed by atoms with Gasteiger partial charge in [-0.2, -0.15) is 0 Å². The molecule has 2 aliphatic rings. The number of nitrogens with zero attached hydrogens (tertiary/aromatic N) is 2. The Bertz CT molecular complexity index is 886. The van der Waals surface area contributed by atoms with Gasteiger partial charge in [0, 0.05) is 30.1 Å². The van der Waals surface area contributed by atoms with Crippen LogP contribution >= 0.6 is 11.3 Å². The first-order chi connectivity index (χ1) is 12.3. The van der Waals surface area contributed by atoms with E-state index < -0.39 is 10.0 Å². The molecule has 1 N–H and O–H groups in total. The van der Waals surface area contributed by atoms with Crippen LogP contribution in [-0.2, 0) is 14.8 Å². The number of aromatic nitrogens is 1. The maximum atomic E-state index is 12.8. The number of hydrogen-bond acceptors (Lipinski definition) is 7. The van der Waals surface area contributed by atoms with Crippen molar-refractivity contribution in [1.82, 2.24) is 14.8 Å². The number of nitrogens with one attached hydrogen (secondary N) is 1. The van der Waals surface area contributed by atoms with Crippen LogP contribution in [-0.4, -0.2) is 56.4 Å². The van der Waals surface area contributed by atoms with Gasteiger partial charge in [0.15, 0.2) is 0 Å². The van der Waals surface area contributed by atoms with Gasteiger partial charge in [0.2, 0.25) is 10.0 Å². The van der Waals surface area contributed by atoms with E-state index in [0.717, 1.165) is 35.6 Å². The minimum absolute atomic E-state index is 0.0801.